The number of phenols is 1. The third-order valence-corrected chi connectivity index (χ3v) is 1.60. The fourth-order valence-electron chi connectivity index (χ4n) is 1.10. The number of aromatic amines is 1. The molecule has 0 saturated heterocycles. The molecule has 11 heavy (non-hydrogen) atoms. The Kier molecular flexibility index (Phi) is 1.09. The summed E-state index contributed by atoms with van der Waals surface area (Å²) in [6.45, 7) is 1.88. The zero-order chi connectivity index (χ0) is 7.84. The summed E-state index contributed by atoms with van der Waals surface area (Å²) in [6, 6.07) is 3.23. The van der Waals surface area contributed by atoms with Crippen LogP contribution >= 0.6 is 0 Å². The van der Waals surface area contributed by atoms with E-state index in [0.29, 0.717) is 5.52 Å². The van der Waals surface area contributed by atoms with Gasteiger partial charge in [0.1, 0.15) is 16.8 Å². The maximum absolute atomic E-state index is 9.15. The Labute approximate surface area is 62.9 Å². The van der Waals surface area contributed by atoms with Gasteiger partial charge in [0.15, 0.2) is 0 Å². The predicted octanol–water partition coefficient (Wildman–Crippen LogP) is 0.972. The van der Waals surface area contributed by atoms with Gasteiger partial charge in [-0.3, -0.25) is 0 Å². The highest BCUT2D eigenvalue weighted by Crippen LogP contribution is 2.19. The van der Waals surface area contributed by atoms with Gasteiger partial charge in [-0.15, -0.1) is 0 Å². The van der Waals surface area contributed by atoms with Crippen molar-refractivity contribution in [3.05, 3.63) is 17.7 Å². The lowest BCUT2D eigenvalue weighted by Gasteiger charge is -1.93. The van der Waals surface area contributed by atoms with E-state index in [0.717, 1.165) is 11.1 Å². The Morgan fingerprint density at radius 3 is 3.00 bits per heavy atom. The summed E-state index contributed by atoms with van der Waals surface area (Å²) in [4.78, 5) is 0. The average molecular weight is 149 g/mol. The Balaban J connectivity index is 2.91. The van der Waals surface area contributed by atoms with Crippen molar-refractivity contribution in [1.82, 2.24) is 15.4 Å². The fourth-order valence-corrected chi connectivity index (χ4v) is 1.10. The van der Waals surface area contributed by atoms with E-state index in [1.807, 2.05) is 6.92 Å². The van der Waals surface area contributed by atoms with Gasteiger partial charge in [-0.1, -0.05) is 0 Å². The average Bonchev–Trinajstić information content (AvgIpc) is 2.34. The number of benzene rings is 1. The van der Waals surface area contributed by atoms with Crippen molar-refractivity contribution in [2.45, 2.75) is 6.92 Å². The van der Waals surface area contributed by atoms with E-state index in [2.05, 4.69) is 15.4 Å². The van der Waals surface area contributed by atoms with Gasteiger partial charge in [-0.25, -0.2) is 0 Å². The number of hydrogen-bond acceptors (Lipinski definition) is 3. The first-order valence-electron chi connectivity index (χ1n) is 3.27. The summed E-state index contributed by atoms with van der Waals surface area (Å²) in [5.41, 5.74) is 2.43. The fraction of sp³-hybridized carbons (Fsp3) is 0.143. The van der Waals surface area contributed by atoms with Crippen LogP contribution in [0, 0.1) is 6.92 Å². The number of nitrogens with one attached hydrogen (secondary N) is 1. The Bertz CT molecular complexity index is 393. The molecule has 0 aliphatic heterocycles. The van der Waals surface area contributed by atoms with Crippen LogP contribution in [0.5, 0.6) is 5.75 Å². The Morgan fingerprint density at radius 2 is 2.18 bits per heavy atom. The van der Waals surface area contributed by atoms with Crippen LogP contribution in [0.3, 0.4) is 0 Å². The topological polar surface area (TPSA) is 61.8 Å². The van der Waals surface area contributed by atoms with Crippen LogP contribution in [0.2, 0.25) is 0 Å². The molecule has 0 unspecified atom stereocenters. The van der Waals surface area contributed by atoms with E-state index >= 15 is 0 Å². The molecule has 2 N–H and O–H groups in total. The molecule has 2 aromatic rings. The second-order valence-corrected chi connectivity index (χ2v) is 2.45. The van der Waals surface area contributed by atoms with Gasteiger partial charge >= 0.3 is 0 Å². The molecule has 0 atom stereocenters. The second kappa shape index (κ2) is 1.95. The highest BCUT2D eigenvalue weighted by molar-refractivity contribution is 5.78. The second-order valence-electron chi connectivity index (χ2n) is 2.45. The molecule has 0 radical (unpaired) electrons. The highest BCUT2D eigenvalue weighted by atomic mass is 16.3. The Hall–Kier alpha value is -1.58. The molecule has 56 valence electrons. The minimum absolute atomic E-state index is 0.226. The molecule has 4 nitrogen and oxygen atoms in total. The molecule has 0 spiro atoms. The molecule has 1 aromatic heterocycles. The van der Waals surface area contributed by atoms with E-state index in [1.54, 1.807) is 12.1 Å². The number of fused-ring (bicyclic) bond motifs is 1. The summed E-state index contributed by atoms with van der Waals surface area (Å²) < 4.78 is 0. The van der Waals surface area contributed by atoms with Crippen molar-refractivity contribution < 1.29 is 5.11 Å². The summed E-state index contributed by atoms with van der Waals surface area (Å²) in [5, 5.41) is 19.4. The van der Waals surface area contributed by atoms with Crippen molar-refractivity contribution in [3.8, 4) is 5.75 Å². The van der Waals surface area contributed by atoms with Crippen LogP contribution in [-0.4, -0.2) is 20.5 Å². The van der Waals surface area contributed by atoms with Gasteiger partial charge in [-0.05, 0) is 18.6 Å². The van der Waals surface area contributed by atoms with Gasteiger partial charge in [0.25, 0.3) is 0 Å². The van der Waals surface area contributed by atoms with Gasteiger partial charge < -0.3 is 5.11 Å². The zero-order valence-electron chi connectivity index (χ0n) is 6.00. The normalized spacial score (nSPS) is 10.6. The van der Waals surface area contributed by atoms with Crippen LogP contribution in [0.25, 0.3) is 11.0 Å². The van der Waals surface area contributed by atoms with Gasteiger partial charge in [-0.2, -0.15) is 15.4 Å². The molecule has 0 bridgehead atoms. The first-order valence-corrected chi connectivity index (χ1v) is 3.27. The van der Waals surface area contributed by atoms with Crippen molar-refractivity contribution in [2.75, 3.05) is 0 Å². The van der Waals surface area contributed by atoms with E-state index in [9.17, 15) is 0 Å². The lowest BCUT2D eigenvalue weighted by Crippen LogP contribution is -1.76. The van der Waals surface area contributed by atoms with Gasteiger partial charge in [0.05, 0.1) is 0 Å². The van der Waals surface area contributed by atoms with E-state index < -0.39 is 0 Å². The lowest BCUT2D eigenvalue weighted by atomic mass is 10.2. The van der Waals surface area contributed by atoms with Gasteiger partial charge in [0, 0.05) is 6.07 Å². The first kappa shape index (κ1) is 6.15. The molecule has 1 aromatic carbocycles. The highest BCUT2D eigenvalue weighted by Gasteiger charge is 2.02. The lowest BCUT2D eigenvalue weighted by molar-refractivity contribution is 0.475. The quantitative estimate of drug-likeness (QED) is 0.586. The number of aromatic nitrogens is 3. The van der Waals surface area contributed by atoms with E-state index in [1.165, 1.54) is 0 Å². The third-order valence-electron chi connectivity index (χ3n) is 1.60. The molecule has 1 heterocycles. The summed E-state index contributed by atoms with van der Waals surface area (Å²) in [7, 11) is 0. The molecule has 0 aliphatic rings. The molecule has 4 heteroatoms. The van der Waals surface area contributed by atoms with Crippen molar-refractivity contribution in [1.29, 1.82) is 0 Å². The third kappa shape index (κ3) is 0.832. The molecule has 0 saturated carbocycles. The number of aromatic hydroxyl groups is 1. The van der Waals surface area contributed by atoms with Crippen molar-refractivity contribution in [3.63, 3.8) is 0 Å². The van der Waals surface area contributed by atoms with E-state index in [4.69, 9.17) is 5.11 Å². The maximum Gasteiger partial charge on any atom is 0.118 e. The maximum atomic E-state index is 9.15. The minimum Gasteiger partial charge on any atom is -0.508 e. The van der Waals surface area contributed by atoms with Crippen LogP contribution < -0.4 is 0 Å². The number of nitrogens with zero attached hydrogens (tertiary/aromatic N) is 2. The van der Waals surface area contributed by atoms with Crippen LogP contribution in [0.15, 0.2) is 12.1 Å². The van der Waals surface area contributed by atoms with Crippen LogP contribution in [-0.2, 0) is 0 Å². The number of aryl methyl sites for hydroxylation is 1. The Morgan fingerprint density at radius 1 is 1.36 bits per heavy atom. The van der Waals surface area contributed by atoms with Crippen LogP contribution in [0.4, 0.5) is 0 Å². The molecular formula is C7H7N3O. The van der Waals surface area contributed by atoms with Gasteiger partial charge in [0.2, 0.25) is 0 Å². The molecule has 0 fully saturated rings. The number of rotatable bonds is 0. The monoisotopic (exact) mass is 149 g/mol. The summed E-state index contributed by atoms with van der Waals surface area (Å²) in [5.74, 6) is 0.226. The number of hydrogen-bond donors (Lipinski definition) is 2. The zero-order valence-corrected chi connectivity index (χ0v) is 6.00. The number of H-pyrrole nitrogens is 1. The summed E-state index contributed by atoms with van der Waals surface area (Å²) >= 11 is 0. The van der Waals surface area contributed by atoms with Crippen LogP contribution in [0.1, 0.15) is 5.56 Å². The largest absolute Gasteiger partial charge is 0.508 e. The minimum atomic E-state index is 0.226. The molecule has 2 rings (SSSR count). The summed E-state index contributed by atoms with van der Waals surface area (Å²) in [6.07, 6.45) is 0. The predicted molar refractivity (Wildman–Crippen MR) is 40.3 cm³/mol. The standard InChI is InChI=1S/C7H7N3O/c1-4-2-5(11)3-6-7(4)9-10-8-6/h2-3,11H,1H3,(H,8,9,10). The van der Waals surface area contributed by atoms with Crippen molar-refractivity contribution >= 4 is 11.0 Å². The van der Waals surface area contributed by atoms with E-state index in [-0.39, 0.29) is 5.75 Å². The smallest absolute Gasteiger partial charge is 0.118 e. The first-order chi connectivity index (χ1) is 5.27. The molecule has 0 amide bonds. The van der Waals surface area contributed by atoms with Crippen molar-refractivity contribution in [2.24, 2.45) is 0 Å². The molecular weight excluding hydrogens is 142 g/mol. The number of phenolic OH excluding ortho intramolecular Hbond substituents is 1. The molecule has 0 aliphatic carbocycles. The SMILES string of the molecule is Cc1cc(O)cc2n[nH]nc12.